The normalized spacial score (nSPS) is 13.2. The van der Waals surface area contributed by atoms with Crippen molar-refractivity contribution in [3.05, 3.63) is 30.1 Å². The lowest BCUT2D eigenvalue weighted by Gasteiger charge is -2.13. The fraction of sp³-hybridized carbons (Fsp3) is 0.300. The van der Waals surface area contributed by atoms with Crippen molar-refractivity contribution >= 4 is 16.0 Å². The monoisotopic (exact) mass is 277 g/mol. The van der Waals surface area contributed by atoms with Crippen molar-refractivity contribution < 1.29 is 27.8 Å². The van der Waals surface area contributed by atoms with Crippen molar-refractivity contribution in [1.82, 2.24) is 4.72 Å². The van der Waals surface area contributed by atoms with Gasteiger partial charge in [0.15, 0.2) is 0 Å². The molecule has 100 valence electrons. The molecular weight excluding hydrogens is 265 g/mol. The summed E-state index contributed by atoms with van der Waals surface area (Å²) in [6.07, 6.45) is -0.303. The Hall–Kier alpha value is -1.51. The van der Waals surface area contributed by atoms with Gasteiger partial charge in [-0.15, -0.1) is 0 Å². The van der Waals surface area contributed by atoms with Crippen LogP contribution in [0.15, 0.2) is 29.2 Å². The van der Waals surface area contributed by atoms with Crippen molar-refractivity contribution in [3.8, 4) is 0 Å². The molecule has 0 bridgehead atoms. The summed E-state index contributed by atoms with van der Waals surface area (Å²) >= 11 is 0. The van der Waals surface area contributed by atoms with E-state index in [1.807, 2.05) is 4.72 Å². The van der Waals surface area contributed by atoms with Crippen molar-refractivity contribution in [1.29, 1.82) is 0 Å². The lowest BCUT2D eigenvalue weighted by Crippen LogP contribution is -2.41. The zero-order valence-corrected chi connectivity index (χ0v) is 10.0. The number of carboxylic acid groups (broad SMARTS) is 1. The van der Waals surface area contributed by atoms with Gasteiger partial charge in [0.25, 0.3) is 0 Å². The summed E-state index contributed by atoms with van der Waals surface area (Å²) in [6, 6.07) is 3.11. The lowest BCUT2D eigenvalue weighted by molar-refractivity contribution is -0.139. The number of carbonyl (C=O) groups is 1. The minimum atomic E-state index is -4.27. The molecule has 0 aliphatic rings. The van der Waals surface area contributed by atoms with Crippen LogP contribution in [0.4, 0.5) is 4.39 Å². The second-order valence-corrected chi connectivity index (χ2v) is 5.14. The van der Waals surface area contributed by atoms with Crippen LogP contribution in [0.3, 0.4) is 0 Å². The van der Waals surface area contributed by atoms with Crippen molar-refractivity contribution in [3.63, 3.8) is 0 Å². The van der Waals surface area contributed by atoms with Gasteiger partial charge in [-0.05, 0) is 18.6 Å². The van der Waals surface area contributed by atoms with Gasteiger partial charge in [-0.1, -0.05) is 12.1 Å². The van der Waals surface area contributed by atoms with Crippen molar-refractivity contribution in [2.45, 2.75) is 17.4 Å². The van der Waals surface area contributed by atoms with E-state index in [9.17, 15) is 17.6 Å². The number of carboxylic acids is 1. The van der Waals surface area contributed by atoms with Gasteiger partial charge in [0.05, 0.1) is 0 Å². The third kappa shape index (κ3) is 3.49. The predicted molar refractivity (Wildman–Crippen MR) is 59.8 cm³/mol. The molecule has 0 heterocycles. The van der Waals surface area contributed by atoms with Gasteiger partial charge in [-0.3, -0.25) is 4.79 Å². The van der Waals surface area contributed by atoms with E-state index in [1.54, 1.807) is 0 Å². The van der Waals surface area contributed by atoms with Crippen LogP contribution < -0.4 is 4.72 Å². The maximum absolute atomic E-state index is 13.3. The Kier molecular flexibility index (Phi) is 4.76. The average molecular weight is 277 g/mol. The van der Waals surface area contributed by atoms with E-state index in [0.717, 1.165) is 12.1 Å². The minimum Gasteiger partial charge on any atom is -0.480 e. The summed E-state index contributed by atoms with van der Waals surface area (Å²) in [5, 5.41) is 17.4. The molecule has 1 aromatic carbocycles. The van der Waals surface area contributed by atoms with Crippen molar-refractivity contribution in [2.24, 2.45) is 0 Å². The predicted octanol–water partition coefficient (Wildman–Crippen LogP) is -0.0604. The number of benzene rings is 1. The van der Waals surface area contributed by atoms with Crippen LogP contribution in [0.25, 0.3) is 0 Å². The minimum absolute atomic E-state index is 0.303. The number of halogens is 1. The molecule has 6 nitrogen and oxygen atoms in total. The quantitative estimate of drug-likeness (QED) is 0.676. The highest BCUT2D eigenvalue weighted by molar-refractivity contribution is 7.89. The molecule has 3 N–H and O–H groups in total. The zero-order chi connectivity index (χ0) is 13.8. The fourth-order valence-electron chi connectivity index (χ4n) is 1.28. The molecule has 0 fully saturated rings. The smallest absolute Gasteiger partial charge is 0.321 e. The summed E-state index contributed by atoms with van der Waals surface area (Å²) < 4.78 is 38.6. The number of aliphatic hydroxyl groups is 1. The highest BCUT2D eigenvalue weighted by atomic mass is 32.2. The summed E-state index contributed by atoms with van der Waals surface area (Å²) in [5.41, 5.74) is 0. The molecule has 0 aliphatic carbocycles. The van der Waals surface area contributed by atoms with Crippen LogP contribution in [0, 0.1) is 5.82 Å². The fourth-order valence-corrected chi connectivity index (χ4v) is 2.58. The first kappa shape index (κ1) is 14.6. The van der Waals surface area contributed by atoms with Crippen molar-refractivity contribution in [2.75, 3.05) is 6.61 Å². The zero-order valence-electron chi connectivity index (χ0n) is 9.21. The second kappa shape index (κ2) is 5.89. The molecule has 0 aromatic heterocycles. The molecule has 1 rings (SSSR count). The summed E-state index contributed by atoms with van der Waals surface area (Å²) in [4.78, 5) is 10.1. The topological polar surface area (TPSA) is 104 Å². The van der Waals surface area contributed by atoms with Crippen LogP contribution in [-0.4, -0.2) is 37.2 Å². The van der Waals surface area contributed by atoms with E-state index < -0.39 is 39.4 Å². The van der Waals surface area contributed by atoms with Crippen LogP contribution in [0.1, 0.15) is 6.42 Å². The van der Waals surface area contributed by atoms with Gasteiger partial charge >= 0.3 is 5.97 Å². The largest absolute Gasteiger partial charge is 0.480 e. The van der Waals surface area contributed by atoms with E-state index in [2.05, 4.69) is 0 Å². The molecule has 1 aromatic rings. The average Bonchev–Trinajstić information content (AvgIpc) is 2.28. The van der Waals surface area contributed by atoms with Gasteiger partial charge < -0.3 is 10.2 Å². The van der Waals surface area contributed by atoms with Gasteiger partial charge in [0, 0.05) is 6.61 Å². The maximum Gasteiger partial charge on any atom is 0.321 e. The third-order valence-corrected chi connectivity index (χ3v) is 3.64. The molecule has 1 atom stereocenters. The number of aliphatic carboxylic acids is 1. The Morgan fingerprint density at radius 3 is 2.50 bits per heavy atom. The van der Waals surface area contributed by atoms with E-state index >= 15 is 0 Å². The van der Waals surface area contributed by atoms with Crippen LogP contribution in [0.5, 0.6) is 0 Å². The Morgan fingerprint density at radius 1 is 1.39 bits per heavy atom. The SMILES string of the molecule is O=C(O)C(CCO)NS(=O)(=O)c1ccccc1F. The molecule has 0 saturated heterocycles. The lowest BCUT2D eigenvalue weighted by atomic mass is 10.2. The first-order chi connectivity index (χ1) is 8.38. The summed E-state index contributed by atoms with van der Waals surface area (Å²) in [6.45, 7) is -0.503. The highest BCUT2D eigenvalue weighted by Crippen LogP contribution is 2.14. The summed E-state index contributed by atoms with van der Waals surface area (Å²) in [7, 11) is -4.27. The number of rotatable bonds is 6. The number of aliphatic hydroxyl groups excluding tert-OH is 1. The molecule has 0 amide bonds. The highest BCUT2D eigenvalue weighted by Gasteiger charge is 2.26. The number of hydrogen-bond donors (Lipinski definition) is 3. The summed E-state index contributed by atoms with van der Waals surface area (Å²) in [5.74, 6) is -2.41. The number of sulfonamides is 1. The van der Waals surface area contributed by atoms with Crippen LogP contribution in [0.2, 0.25) is 0 Å². The second-order valence-electron chi connectivity index (χ2n) is 3.45. The molecule has 0 radical (unpaired) electrons. The number of hydrogen-bond acceptors (Lipinski definition) is 4. The van der Waals surface area contributed by atoms with Gasteiger partial charge in [0.1, 0.15) is 16.8 Å². The Bertz CT molecular complexity index is 531. The Labute approximate surface area is 103 Å². The van der Waals surface area contributed by atoms with E-state index in [1.165, 1.54) is 12.1 Å². The molecular formula is C10H12FNO5S. The maximum atomic E-state index is 13.3. The Balaban J connectivity index is 3.01. The molecule has 0 spiro atoms. The van der Waals surface area contributed by atoms with Gasteiger partial charge in [0.2, 0.25) is 10.0 Å². The molecule has 18 heavy (non-hydrogen) atoms. The first-order valence-electron chi connectivity index (χ1n) is 4.99. The molecule has 1 unspecified atom stereocenters. The molecule has 8 heteroatoms. The van der Waals surface area contributed by atoms with Gasteiger partial charge in [-0.25, -0.2) is 12.8 Å². The standard InChI is InChI=1S/C10H12FNO5S/c11-7-3-1-2-4-9(7)18(16,17)12-8(5-6-13)10(14)15/h1-4,8,12-13H,5-6H2,(H,14,15). The van der Waals surface area contributed by atoms with E-state index in [0.29, 0.717) is 0 Å². The van der Waals surface area contributed by atoms with Crippen LogP contribution >= 0.6 is 0 Å². The third-order valence-electron chi connectivity index (χ3n) is 2.14. The first-order valence-corrected chi connectivity index (χ1v) is 6.47. The van der Waals surface area contributed by atoms with Crippen LogP contribution in [-0.2, 0) is 14.8 Å². The molecule has 0 aliphatic heterocycles. The van der Waals surface area contributed by atoms with E-state index in [-0.39, 0.29) is 6.42 Å². The Morgan fingerprint density at radius 2 is 2.00 bits per heavy atom. The van der Waals surface area contributed by atoms with E-state index in [4.69, 9.17) is 10.2 Å². The van der Waals surface area contributed by atoms with Gasteiger partial charge in [-0.2, -0.15) is 4.72 Å². The molecule has 0 saturated carbocycles. The number of nitrogens with one attached hydrogen (secondary N) is 1.